The van der Waals surface area contributed by atoms with E-state index in [0.717, 1.165) is 12.8 Å². The molecule has 5 heteroatoms. The number of hydrogen-bond acceptors (Lipinski definition) is 4. The highest BCUT2D eigenvalue weighted by atomic mass is 16.5. The van der Waals surface area contributed by atoms with Gasteiger partial charge in [-0.2, -0.15) is 0 Å². The van der Waals surface area contributed by atoms with Crippen LogP contribution in [0.3, 0.4) is 0 Å². The molecule has 1 fully saturated rings. The van der Waals surface area contributed by atoms with E-state index in [9.17, 15) is 4.79 Å². The fourth-order valence-electron chi connectivity index (χ4n) is 1.59. The van der Waals surface area contributed by atoms with Crippen molar-refractivity contribution in [1.29, 1.82) is 0 Å². The fourth-order valence-corrected chi connectivity index (χ4v) is 1.59. The van der Waals surface area contributed by atoms with Gasteiger partial charge in [0.25, 0.3) is 5.91 Å². The van der Waals surface area contributed by atoms with Gasteiger partial charge in [0.05, 0.1) is 5.71 Å². The van der Waals surface area contributed by atoms with Crippen LogP contribution in [-0.4, -0.2) is 29.5 Å². The third-order valence-corrected chi connectivity index (χ3v) is 2.73. The highest BCUT2D eigenvalue weighted by Gasteiger charge is 2.23. The van der Waals surface area contributed by atoms with Gasteiger partial charge in [0.2, 0.25) is 0 Å². The van der Waals surface area contributed by atoms with Crippen molar-refractivity contribution >= 4 is 11.6 Å². The zero-order chi connectivity index (χ0) is 13.0. The van der Waals surface area contributed by atoms with Crippen LogP contribution in [0.2, 0.25) is 0 Å². The minimum absolute atomic E-state index is 0.0216. The number of para-hydroxylation sites is 1. The molecule has 0 aromatic heterocycles. The predicted molar refractivity (Wildman–Crippen MR) is 67.1 cm³/mol. The predicted octanol–water partition coefficient (Wildman–Crippen LogP) is 1.54. The molecule has 1 aromatic rings. The SMILES string of the molecule is C/C(=N\O)c1ccccc1OCC(=O)NC1CC1. The van der Waals surface area contributed by atoms with Crippen LogP contribution in [0.15, 0.2) is 29.4 Å². The zero-order valence-electron chi connectivity index (χ0n) is 10.2. The van der Waals surface area contributed by atoms with Crippen LogP contribution in [0.25, 0.3) is 0 Å². The van der Waals surface area contributed by atoms with Crippen molar-refractivity contribution in [2.24, 2.45) is 5.16 Å². The van der Waals surface area contributed by atoms with Crippen LogP contribution < -0.4 is 10.1 Å². The summed E-state index contributed by atoms with van der Waals surface area (Å²) in [6.07, 6.45) is 2.11. The van der Waals surface area contributed by atoms with Crippen molar-refractivity contribution in [3.05, 3.63) is 29.8 Å². The standard InChI is InChI=1S/C13H16N2O3/c1-9(15-17)11-4-2-3-5-12(11)18-8-13(16)14-10-6-7-10/h2-5,10,17H,6-8H2,1H3,(H,14,16)/b15-9+. The summed E-state index contributed by atoms with van der Waals surface area (Å²) in [5.74, 6) is 0.421. The van der Waals surface area contributed by atoms with E-state index in [1.165, 1.54) is 0 Å². The van der Waals surface area contributed by atoms with E-state index in [2.05, 4.69) is 10.5 Å². The number of nitrogens with zero attached hydrogens (tertiary/aromatic N) is 1. The van der Waals surface area contributed by atoms with Crippen molar-refractivity contribution in [1.82, 2.24) is 5.32 Å². The smallest absolute Gasteiger partial charge is 0.258 e. The summed E-state index contributed by atoms with van der Waals surface area (Å²) < 4.78 is 5.45. The largest absolute Gasteiger partial charge is 0.483 e. The first kappa shape index (κ1) is 12.4. The number of nitrogens with one attached hydrogen (secondary N) is 1. The third kappa shape index (κ3) is 3.23. The Bertz CT molecular complexity index is 467. The highest BCUT2D eigenvalue weighted by molar-refractivity contribution is 6.00. The molecule has 5 nitrogen and oxygen atoms in total. The molecule has 0 heterocycles. The number of amides is 1. The van der Waals surface area contributed by atoms with Crippen molar-refractivity contribution < 1.29 is 14.7 Å². The topological polar surface area (TPSA) is 70.9 Å². The van der Waals surface area contributed by atoms with Gasteiger partial charge in [-0.1, -0.05) is 17.3 Å². The molecule has 2 rings (SSSR count). The maximum Gasteiger partial charge on any atom is 0.258 e. The van der Waals surface area contributed by atoms with E-state index in [0.29, 0.717) is 23.1 Å². The molecule has 1 aliphatic rings. The molecule has 2 N–H and O–H groups in total. The lowest BCUT2D eigenvalue weighted by molar-refractivity contribution is -0.123. The van der Waals surface area contributed by atoms with Gasteiger partial charge in [0, 0.05) is 11.6 Å². The Morgan fingerprint density at radius 2 is 2.22 bits per heavy atom. The van der Waals surface area contributed by atoms with Gasteiger partial charge >= 0.3 is 0 Å². The maximum absolute atomic E-state index is 11.5. The molecule has 0 unspecified atom stereocenters. The van der Waals surface area contributed by atoms with Gasteiger partial charge in [-0.25, -0.2) is 0 Å². The first-order valence-corrected chi connectivity index (χ1v) is 5.91. The summed E-state index contributed by atoms with van der Waals surface area (Å²) >= 11 is 0. The average molecular weight is 248 g/mol. The molecule has 0 saturated heterocycles. The molecule has 0 bridgehead atoms. The molecule has 1 saturated carbocycles. The second-order valence-electron chi connectivity index (χ2n) is 4.31. The van der Waals surface area contributed by atoms with E-state index in [4.69, 9.17) is 9.94 Å². The number of oxime groups is 1. The van der Waals surface area contributed by atoms with Gasteiger partial charge < -0.3 is 15.3 Å². The summed E-state index contributed by atoms with van der Waals surface area (Å²) in [4.78, 5) is 11.5. The maximum atomic E-state index is 11.5. The Balaban J connectivity index is 1.97. The van der Waals surface area contributed by atoms with Gasteiger partial charge in [0.15, 0.2) is 6.61 Å². The quantitative estimate of drug-likeness (QED) is 0.471. The monoisotopic (exact) mass is 248 g/mol. The second-order valence-corrected chi connectivity index (χ2v) is 4.31. The third-order valence-electron chi connectivity index (χ3n) is 2.73. The number of hydrogen-bond donors (Lipinski definition) is 2. The Morgan fingerprint density at radius 3 is 2.89 bits per heavy atom. The summed E-state index contributed by atoms with van der Waals surface area (Å²) in [7, 11) is 0. The van der Waals surface area contributed by atoms with E-state index in [1.54, 1.807) is 19.1 Å². The highest BCUT2D eigenvalue weighted by Crippen LogP contribution is 2.20. The summed E-state index contributed by atoms with van der Waals surface area (Å²) in [6.45, 7) is 1.65. The molecule has 0 atom stereocenters. The Hall–Kier alpha value is -2.04. The van der Waals surface area contributed by atoms with Crippen molar-refractivity contribution in [3.63, 3.8) is 0 Å². The zero-order valence-corrected chi connectivity index (χ0v) is 10.2. The van der Waals surface area contributed by atoms with Crippen LogP contribution in [-0.2, 0) is 4.79 Å². The fraction of sp³-hybridized carbons (Fsp3) is 0.385. The van der Waals surface area contributed by atoms with Crippen LogP contribution in [0.1, 0.15) is 25.3 Å². The van der Waals surface area contributed by atoms with Crippen LogP contribution in [0, 0.1) is 0 Å². The molecule has 1 aromatic carbocycles. The van der Waals surface area contributed by atoms with Crippen LogP contribution in [0.5, 0.6) is 5.75 Å². The van der Waals surface area contributed by atoms with Crippen LogP contribution in [0.4, 0.5) is 0 Å². The van der Waals surface area contributed by atoms with E-state index < -0.39 is 0 Å². The molecule has 96 valence electrons. The lowest BCUT2D eigenvalue weighted by Gasteiger charge is -2.10. The summed E-state index contributed by atoms with van der Waals surface area (Å²) in [5, 5.41) is 14.8. The van der Waals surface area contributed by atoms with Crippen LogP contribution >= 0.6 is 0 Å². The van der Waals surface area contributed by atoms with E-state index in [-0.39, 0.29) is 12.5 Å². The number of rotatable bonds is 5. The van der Waals surface area contributed by atoms with E-state index in [1.807, 2.05) is 12.1 Å². The molecular weight excluding hydrogens is 232 g/mol. The number of ether oxygens (including phenoxy) is 1. The molecule has 1 amide bonds. The Kier molecular flexibility index (Phi) is 3.82. The van der Waals surface area contributed by atoms with Gasteiger partial charge in [-0.15, -0.1) is 0 Å². The lowest BCUT2D eigenvalue weighted by atomic mass is 10.1. The molecular formula is C13H16N2O3. The van der Waals surface area contributed by atoms with Crippen molar-refractivity contribution in [2.45, 2.75) is 25.8 Å². The van der Waals surface area contributed by atoms with Crippen molar-refractivity contribution in [2.75, 3.05) is 6.61 Å². The Morgan fingerprint density at radius 1 is 1.50 bits per heavy atom. The van der Waals surface area contributed by atoms with Gasteiger partial charge in [-0.05, 0) is 31.9 Å². The van der Waals surface area contributed by atoms with E-state index >= 15 is 0 Å². The Labute approximate surface area is 105 Å². The number of benzene rings is 1. The second kappa shape index (κ2) is 5.53. The van der Waals surface area contributed by atoms with Gasteiger partial charge in [-0.3, -0.25) is 4.79 Å². The van der Waals surface area contributed by atoms with Gasteiger partial charge in [0.1, 0.15) is 5.75 Å². The first-order valence-electron chi connectivity index (χ1n) is 5.91. The minimum atomic E-state index is -0.120. The molecule has 0 radical (unpaired) electrons. The molecule has 0 aliphatic heterocycles. The lowest BCUT2D eigenvalue weighted by Crippen LogP contribution is -2.30. The number of carbonyl (C=O) groups is 1. The molecule has 0 spiro atoms. The summed E-state index contributed by atoms with van der Waals surface area (Å²) in [5.41, 5.74) is 1.13. The normalized spacial score (nSPS) is 15.3. The molecule has 1 aliphatic carbocycles. The summed E-state index contributed by atoms with van der Waals surface area (Å²) in [6, 6.07) is 7.48. The first-order chi connectivity index (χ1) is 8.70. The van der Waals surface area contributed by atoms with Crippen molar-refractivity contribution in [3.8, 4) is 5.75 Å². The molecule has 18 heavy (non-hydrogen) atoms. The average Bonchev–Trinajstić information content (AvgIpc) is 3.19. The minimum Gasteiger partial charge on any atom is -0.483 e. The number of carbonyl (C=O) groups excluding carboxylic acids is 1.